The van der Waals surface area contributed by atoms with Gasteiger partial charge in [-0.15, -0.1) is 0 Å². The van der Waals surface area contributed by atoms with Gasteiger partial charge in [-0.3, -0.25) is 4.90 Å². The molecule has 2 aromatic heterocycles. The number of hydrogen-bond donors (Lipinski definition) is 2. The Labute approximate surface area is 128 Å². The molecule has 0 bridgehead atoms. The summed E-state index contributed by atoms with van der Waals surface area (Å²) in [6.07, 6.45) is 3.23. The van der Waals surface area contributed by atoms with Crippen LogP contribution in [0.3, 0.4) is 0 Å². The van der Waals surface area contributed by atoms with Crippen LogP contribution in [-0.4, -0.2) is 40.3 Å². The lowest BCUT2D eigenvalue weighted by Gasteiger charge is -2.12. The van der Waals surface area contributed by atoms with E-state index < -0.39 is 0 Å². The zero-order chi connectivity index (χ0) is 15.7. The maximum Gasteiger partial charge on any atom is 0.152 e. The fourth-order valence-electron chi connectivity index (χ4n) is 2.25. The number of fused-ring (bicyclic) bond motifs is 1. The molecule has 0 amide bonds. The van der Waals surface area contributed by atoms with Crippen molar-refractivity contribution in [3.05, 3.63) is 36.8 Å². The molecular formula is C15H18N6O. The molecule has 0 spiro atoms. The summed E-state index contributed by atoms with van der Waals surface area (Å²) in [4.78, 5) is 6.01. The molecule has 3 aromatic rings. The summed E-state index contributed by atoms with van der Waals surface area (Å²) in [5, 5.41) is 4.20. The second-order valence-corrected chi connectivity index (χ2v) is 5.28. The number of nitrogen functional groups attached to an aromatic ring is 2. The van der Waals surface area contributed by atoms with Crippen LogP contribution in [0, 0.1) is 0 Å². The van der Waals surface area contributed by atoms with E-state index in [4.69, 9.17) is 16.2 Å². The maximum atomic E-state index is 6.03. The van der Waals surface area contributed by atoms with Gasteiger partial charge in [-0.05, 0) is 31.8 Å². The largest absolute Gasteiger partial charge is 0.476 e. The molecule has 0 atom stereocenters. The highest BCUT2D eigenvalue weighted by molar-refractivity contribution is 5.92. The van der Waals surface area contributed by atoms with Gasteiger partial charge in [0.1, 0.15) is 24.3 Å². The average Bonchev–Trinajstić information content (AvgIpc) is 2.86. The molecule has 2 heterocycles. The Morgan fingerprint density at radius 3 is 2.59 bits per heavy atom. The first-order valence-corrected chi connectivity index (χ1v) is 6.81. The van der Waals surface area contributed by atoms with Crippen LogP contribution in [0.15, 0.2) is 36.8 Å². The maximum absolute atomic E-state index is 6.03. The molecule has 3 rings (SSSR count). The number of ether oxygens (including phenoxy) is 1. The first-order valence-electron chi connectivity index (χ1n) is 6.81. The summed E-state index contributed by atoms with van der Waals surface area (Å²) in [5.41, 5.74) is 15.0. The summed E-state index contributed by atoms with van der Waals surface area (Å²) in [7, 11) is 3.87. The van der Waals surface area contributed by atoms with Gasteiger partial charge in [-0.1, -0.05) is 12.1 Å². The molecule has 0 saturated heterocycles. The van der Waals surface area contributed by atoms with Gasteiger partial charge in [-0.2, -0.15) is 5.10 Å². The van der Waals surface area contributed by atoms with Crippen LogP contribution in [0.25, 0.3) is 16.6 Å². The third kappa shape index (κ3) is 2.53. The van der Waals surface area contributed by atoms with Gasteiger partial charge >= 0.3 is 0 Å². The van der Waals surface area contributed by atoms with E-state index in [1.54, 1.807) is 4.52 Å². The molecule has 0 aliphatic heterocycles. The normalized spacial score (nSPS) is 11.2. The average molecular weight is 298 g/mol. The number of rotatable bonds is 4. The van der Waals surface area contributed by atoms with Gasteiger partial charge in [0.2, 0.25) is 0 Å². The zero-order valence-electron chi connectivity index (χ0n) is 12.5. The van der Waals surface area contributed by atoms with E-state index in [1.807, 2.05) is 49.5 Å². The minimum atomic E-state index is 0.404. The molecule has 0 aliphatic rings. The molecule has 4 N–H and O–H groups in total. The van der Waals surface area contributed by atoms with Crippen LogP contribution < -0.4 is 16.2 Å². The molecular weight excluding hydrogens is 280 g/mol. The lowest BCUT2D eigenvalue weighted by molar-refractivity contribution is 0.180. The van der Waals surface area contributed by atoms with Crippen molar-refractivity contribution >= 4 is 17.0 Å². The molecule has 1 aromatic carbocycles. The van der Waals surface area contributed by atoms with Gasteiger partial charge < -0.3 is 16.2 Å². The molecule has 0 radical (unpaired) electrons. The van der Waals surface area contributed by atoms with Crippen LogP contribution >= 0.6 is 0 Å². The van der Waals surface area contributed by atoms with Crippen molar-refractivity contribution < 1.29 is 4.74 Å². The van der Waals surface area contributed by atoms with E-state index in [1.165, 1.54) is 6.33 Å². The fourth-order valence-corrected chi connectivity index (χ4v) is 2.25. The highest BCUT2D eigenvalue weighted by atomic mass is 16.5. The second-order valence-electron chi connectivity index (χ2n) is 5.28. The predicted octanol–water partition coefficient (Wildman–Crippen LogP) is 1.46. The molecule has 7 heteroatoms. The Bertz CT molecular complexity index is 794. The minimum Gasteiger partial charge on any atom is -0.476 e. The minimum absolute atomic E-state index is 0.404. The summed E-state index contributed by atoms with van der Waals surface area (Å²) in [6.45, 7) is 0.451. The molecule has 0 fully saturated rings. The molecule has 0 unspecified atom stereocenters. The van der Waals surface area contributed by atoms with Crippen molar-refractivity contribution in [3.8, 4) is 16.9 Å². The number of nitrogens with two attached hydrogens (primary N) is 2. The van der Waals surface area contributed by atoms with Crippen molar-refractivity contribution in [3.63, 3.8) is 0 Å². The summed E-state index contributed by atoms with van der Waals surface area (Å²) >= 11 is 0. The van der Waals surface area contributed by atoms with Gasteiger partial charge in [0, 0.05) is 5.69 Å². The van der Waals surface area contributed by atoms with E-state index >= 15 is 0 Å². The standard InChI is InChI=1S/C15H18N6O/c1-20(2)9-22-12-7-21-14(15(17)18-8-19-21)13(12)10-3-5-11(16)6-4-10/h3-8H,9,16H2,1-2H3,(H2,17,18,19). The van der Waals surface area contributed by atoms with Crippen molar-refractivity contribution in [1.29, 1.82) is 0 Å². The highest BCUT2D eigenvalue weighted by Gasteiger charge is 2.17. The van der Waals surface area contributed by atoms with Crippen molar-refractivity contribution in [2.75, 3.05) is 32.3 Å². The summed E-state index contributed by atoms with van der Waals surface area (Å²) in [6, 6.07) is 7.54. The monoisotopic (exact) mass is 298 g/mol. The second kappa shape index (κ2) is 5.53. The topological polar surface area (TPSA) is 94.7 Å². The Morgan fingerprint density at radius 2 is 1.91 bits per heavy atom. The Kier molecular flexibility index (Phi) is 3.56. The lowest BCUT2D eigenvalue weighted by atomic mass is 10.1. The fraction of sp³-hybridized carbons (Fsp3) is 0.200. The van der Waals surface area contributed by atoms with Gasteiger partial charge in [-0.25, -0.2) is 9.50 Å². The third-order valence-electron chi connectivity index (χ3n) is 3.24. The van der Waals surface area contributed by atoms with Crippen LogP contribution in [0.1, 0.15) is 0 Å². The van der Waals surface area contributed by atoms with Gasteiger partial charge in [0.05, 0.1) is 11.8 Å². The SMILES string of the molecule is CN(C)COc1cn2ncnc(N)c2c1-c1ccc(N)cc1. The van der Waals surface area contributed by atoms with E-state index in [2.05, 4.69) is 10.1 Å². The summed E-state index contributed by atoms with van der Waals surface area (Å²) in [5.74, 6) is 1.10. The highest BCUT2D eigenvalue weighted by Crippen LogP contribution is 2.37. The number of aromatic nitrogens is 3. The third-order valence-corrected chi connectivity index (χ3v) is 3.24. The molecule has 0 aliphatic carbocycles. The summed E-state index contributed by atoms with van der Waals surface area (Å²) < 4.78 is 7.55. The first-order chi connectivity index (χ1) is 10.6. The first kappa shape index (κ1) is 14.2. The van der Waals surface area contributed by atoms with Crippen molar-refractivity contribution in [2.24, 2.45) is 0 Å². The van der Waals surface area contributed by atoms with E-state index in [0.717, 1.165) is 16.6 Å². The molecule has 22 heavy (non-hydrogen) atoms. The van der Waals surface area contributed by atoms with E-state index in [9.17, 15) is 0 Å². The number of anilines is 2. The molecule has 114 valence electrons. The number of hydrogen-bond acceptors (Lipinski definition) is 6. The van der Waals surface area contributed by atoms with E-state index in [-0.39, 0.29) is 0 Å². The van der Waals surface area contributed by atoms with Crippen LogP contribution in [0.5, 0.6) is 5.75 Å². The van der Waals surface area contributed by atoms with Gasteiger partial charge in [0.25, 0.3) is 0 Å². The Hall–Kier alpha value is -2.80. The zero-order valence-corrected chi connectivity index (χ0v) is 12.5. The van der Waals surface area contributed by atoms with Crippen LogP contribution in [0.4, 0.5) is 11.5 Å². The van der Waals surface area contributed by atoms with Crippen LogP contribution in [-0.2, 0) is 0 Å². The predicted molar refractivity (Wildman–Crippen MR) is 86.4 cm³/mol. The Morgan fingerprint density at radius 1 is 1.18 bits per heavy atom. The van der Waals surface area contributed by atoms with Crippen LogP contribution in [0.2, 0.25) is 0 Å². The van der Waals surface area contributed by atoms with Crippen molar-refractivity contribution in [1.82, 2.24) is 19.5 Å². The lowest BCUT2D eigenvalue weighted by Crippen LogP contribution is -2.18. The number of nitrogens with zero attached hydrogens (tertiary/aromatic N) is 4. The van der Waals surface area contributed by atoms with Crippen molar-refractivity contribution in [2.45, 2.75) is 0 Å². The molecule has 0 saturated carbocycles. The van der Waals surface area contributed by atoms with Gasteiger partial charge in [0.15, 0.2) is 5.82 Å². The van der Waals surface area contributed by atoms with E-state index in [0.29, 0.717) is 24.0 Å². The molecule has 7 nitrogen and oxygen atoms in total. The Balaban J connectivity index is 2.19. The number of benzene rings is 1. The quantitative estimate of drug-likeness (QED) is 0.559. The smallest absolute Gasteiger partial charge is 0.152 e.